The lowest BCUT2D eigenvalue weighted by atomic mass is 10.4. The molecule has 0 radical (unpaired) electrons. The van der Waals surface area contributed by atoms with Crippen molar-refractivity contribution < 1.29 is 0 Å². The van der Waals surface area contributed by atoms with Gasteiger partial charge in [0.1, 0.15) is 0 Å². The molecule has 0 fully saturated rings. The van der Waals surface area contributed by atoms with Gasteiger partial charge in [-0.25, -0.2) is 0 Å². The highest BCUT2D eigenvalue weighted by Crippen LogP contribution is 2.17. The van der Waals surface area contributed by atoms with E-state index in [4.69, 9.17) is 0 Å². The Labute approximate surface area is 98.3 Å². The summed E-state index contributed by atoms with van der Waals surface area (Å²) in [7, 11) is 1.88. The van der Waals surface area contributed by atoms with Gasteiger partial charge in [-0.3, -0.25) is 9.67 Å². The van der Waals surface area contributed by atoms with Crippen molar-refractivity contribution in [3.8, 4) is 0 Å². The van der Waals surface area contributed by atoms with Gasteiger partial charge in [0.25, 0.3) is 0 Å². The molecule has 0 aromatic carbocycles. The predicted molar refractivity (Wildman–Crippen MR) is 64.3 cm³/mol. The Bertz CT molecular complexity index is 468. The Morgan fingerprint density at radius 3 is 2.94 bits per heavy atom. The smallest absolute Gasteiger partial charge is 0.0774 e. The van der Waals surface area contributed by atoms with Crippen LogP contribution >= 0.6 is 11.8 Å². The van der Waals surface area contributed by atoms with Gasteiger partial charge in [0.2, 0.25) is 0 Å². The van der Waals surface area contributed by atoms with Crippen molar-refractivity contribution in [2.75, 3.05) is 11.6 Å². The van der Waals surface area contributed by atoms with Gasteiger partial charge in [-0.2, -0.15) is 0 Å². The Morgan fingerprint density at radius 1 is 1.38 bits per heavy atom. The molecule has 0 unspecified atom stereocenters. The summed E-state index contributed by atoms with van der Waals surface area (Å²) in [6.07, 6.45) is 7.44. The molecule has 1 N–H and O–H groups in total. The highest BCUT2D eigenvalue weighted by molar-refractivity contribution is 7.98. The van der Waals surface area contributed by atoms with E-state index in [9.17, 15) is 0 Å². The maximum atomic E-state index is 4.16. The molecular weight excluding hydrogens is 222 g/mol. The average molecular weight is 235 g/mol. The van der Waals surface area contributed by atoms with Crippen molar-refractivity contribution in [1.29, 1.82) is 0 Å². The van der Waals surface area contributed by atoms with Crippen LogP contribution in [-0.2, 0) is 13.6 Å². The molecule has 2 aromatic rings. The lowest BCUT2D eigenvalue weighted by Crippen LogP contribution is -2.05. The van der Waals surface area contributed by atoms with Crippen LogP contribution in [0.3, 0.4) is 0 Å². The molecular formula is C10H13N5S. The van der Waals surface area contributed by atoms with Gasteiger partial charge in [-0.1, -0.05) is 5.21 Å². The third-order valence-electron chi connectivity index (χ3n) is 2.23. The van der Waals surface area contributed by atoms with Crippen molar-refractivity contribution in [3.63, 3.8) is 0 Å². The fraction of sp³-hybridized carbons (Fsp3) is 0.300. The van der Waals surface area contributed by atoms with Crippen LogP contribution in [0.4, 0.5) is 5.69 Å². The predicted octanol–water partition coefficient (Wildman–Crippen LogP) is 1.54. The summed E-state index contributed by atoms with van der Waals surface area (Å²) in [5, 5.41) is 11.0. The number of rotatable bonds is 4. The van der Waals surface area contributed by atoms with E-state index in [2.05, 4.69) is 26.7 Å². The van der Waals surface area contributed by atoms with Crippen molar-refractivity contribution in [2.24, 2.45) is 7.05 Å². The number of nitrogens with zero attached hydrogens (tertiary/aromatic N) is 4. The van der Waals surface area contributed by atoms with E-state index >= 15 is 0 Å². The highest BCUT2D eigenvalue weighted by Gasteiger charge is 2.00. The van der Waals surface area contributed by atoms with Crippen LogP contribution in [0.1, 0.15) is 5.69 Å². The Kier molecular flexibility index (Phi) is 3.40. The summed E-state index contributed by atoms with van der Waals surface area (Å²) < 4.78 is 1.75. The van der Waals surface area contributed by atoms with Crippen molar-refractivity contribution in [3.05, 3.63) is 30.4 Å². The van der Waals surface area contributed by atoms with Crippen LogP contribution in [0.2, 0.25) is 0 Å². The first kappa shape index (κ1) is 10.9. The van der Waals surface area contributed by atoms with Gasteiger partial charge in [-0.05, 0) is 12.3 Å². The summed E-state index contributed by atoms with van der Waals surface area (Å²) in [4.78, 5) is 5.30. The minimum atomic E-state index is 0.697. The molecule has 6 heteroatoms. The molecule has 2 rings (SSSR count). The zero-order chi connectivity index (χ0) is 11.4. The fourth-order valence-corrected chi connectivity index (χ4v) is 1.70. The minimum Gasteiger partial charge on any atom is -0.378 e. The van der Waals surface area contributed by atoms with Crippen LogP contribution in [0.25, 0.3) is 0 Å². The molecule has 2 aromatic heterocycles. The van der Waals surface area contributed by atoms with E-state index in [-0.39, 0.29) is 0 Å². The van der Waals surface area contributed by atoms with Gasteiger partial charge in [-0.15, -0.1) is 16.9 Å². The first-order chi connectivity index (χ1) is 7.79. The Hall–Kier alpha value is -1.56. The van der Waals surface area contributed by atoms with E-state index in [1.165, 1.54) is 0 Å². The Morgan fingerprint density at radius 2 is 2.25 bits per heavy atom. The molecule has 0 aliphatic heterocycles. The number of aromatic nitrogens is 4. The van der Waals surface area contributed by atoms with E-state index in [0.29, 0.717) is 6.54 Å². The second kappa shape index (κ2) is 4.98. The van der Waals surface area contributed by atoms with E-state index in [0.717, 1.165) is 16.3 Å². The molecule has 0 atom stereocenters. The topological polar surface area (TPSA) is 55.6 Å². The number of thioether (sulfide) groups is 1. The fourth-order valence-electron chi connectivity index (χ4n) is 1.29. The monoisotopic (exact) mass is 235 g/mol. The van der Waals surface area contributed by atoms with Crippen molar-refractivity contribution in [2.45, 2.75) is 11.4 Å². The molecule has 0 aliphatic carbocycles. The maximum absolute atomic E-state index is 4.16. The summed E-state index contributed by atoms with van der Waals surface area (Å²) in [6.45, 7) is 0.697. The largest absolute Gasteiger partial charge is 0.378 e. The van der Waals surface area contributed by atoms with Crippen LogP contribution < -0.4 is 5.32 Å². The number of hydrogen-bond acceptors (Lipinski definition) is 5. The van der Waals surface area contributed by atoms with Crippen molar-refractivity contribution in [1.82, 2.24) is 20.0 Å². The number of nitrogens with one attached hydrogen (secondary N) is 1. The number of hydrogen-bond donors (Lipinski definition) is 1. The first-order valence-corrected chi connectivity index (χ1v) is 6.08. The summed E-state index contributed by atoms with van der Waals surface area (Å²) >= 11 is 1.68. The summed E-state index contributed by atoms with van der Waals surface area (Å²) in [5.74, 6) is 0. The lowest BCUT2D eigenvalue weighted by Gasteiger charge is -2.06. The third-order valence-corrected chi connectivity index (χ3v) is 2.93. The zero-order valence-electron chi connectivity index (χ0n) is 9.21. The second-order valence-electron chi connectivity index (χ2n) is 3.32. The molecule has 0 aliphatic rings. The summed E-state index contributed by atoms with van der Waals surface area (Å²) in [5.41, 5.74) is 2.04. The zero-order valence-corrected chi connectivity index (χ0v) is 10.0. The molecule has 5 nitrogen and oxygen atoms in total. The molecule has 0 spiro atoms. The minimum absolute atomic E-state index is 0.697. The standard InChI is InChI=1S/C10H13N5S/c1-15-9(6-13-14-15)5-12-8-3-10(16-2)7-11-4-8/h3-4,6-7,12H,5H2,1-2H3. The molecule has 0 bridgehead atoms. The molecule has 0 amide bonds. The Balaban J connectivity index is 2.02. The van der Waals surface area contributed by atoms with Gasteiger partial charge < -0.3 is 5.32 Å². The van der Waals surface area contributed by atoms with Crippen LogP contribution in [0.5, 0.6) is 0 Å². The van der Waals surface area contributed by atoms with Gasteiger partial charge in [0.15, 0.2) is 0 Å². The maximum Gasteiger partial charge on any atom is 0.0774 e. The number of aryl methyl sites for hydroxylation is 1. The van der Waals surface area contributed by atoms with E-state index in [1.807, 2.05) is 25.7 Å². The van der Waals surface area contributed by atoms with Crippen LogP contribution in [-0.4, -0.2) is 26.2 Å². The van der Waals surface area contributed by atoms with Gasteiger partial charge in [0.05, 0.1) is 30.3 Å². The average Bonchev–Trinajstić information content (AvgIpc) is 2.72. The quantitative estimate of drug-likeness (QED) is 0.815. The normalized spacial score (nSPS) is 10.4. The molecule has 0 saturated carbocycles. The summed E-state index contributed by atoms with van der Waals surface area (Å²) in [6, 6.07) is 2.07. The molecule has 2 heterocycles. The first-order valence-electron chi connectivity index (χ1n) is 4.86. The van der Waals surface area contributed by atoms with Crippen molar-refractivity contribution >= 4 is 17.4 Å². The van der Waals surface area contributed by atoms with Crippen LogP contribution in [0, 0.1) is 0 Å². The molecule has 0 saturated heterocycles. The van der Waals surface area contributed by atoms with E-state index < -0.39 is 0 Å². The number of anilines is 1. The third kappa shape index (κ3) is 2.52. The molecule has 16 heavy (non-hydrogen) atoms. The van der Waals surface area contributed by atoms with Gasteiger partial charge >= 0.3 is 0 Å². The second-order valence-corrected chi connectivity index (χ2v) is 4.20. The van der Waals surface area contributed by atoms with Crippen LogP contribution in [0.15, 0.2) is 29.6 Å². The highest BCUT2D eigenvalue weighted by atomic mass is 32.2. The number of pyridine rings is 1. The lowest BCUT2D eigenvalue weighted by molar-refractivity contribution is 0.683. The van der Waals surface area contributed by atoms with E-state index in [1.54, 1.807) is 22.6 Å². The molecule has 84 valence electrons. The SMILES string of the molecule is CSc1cncc(NCc2cnnn2C)c1. The van der Waals surface area contributed by atoms with Gasteiger partial charge in [0, 0.05) is 18.1 Å².